The molecule has 0 spiro atoms. The van der Waals surface area contributed by atoms with Crippen LogP contribution in [0.25, 0.3) is 11.1 Å². The number of sulfonamides is 1. The Balaban J connectivity index is 2.05. The van der Waals surface area contributed by atoms with Crippen LogP contribution in [-0.2, 0) is 10.0 Å². The summed E-state index contributed by atoms with van der Waals surface area (Å²) in [4.78, 5) is 14.6. The maximum absolute atomic E-state index is 14.3. The van der Waals surface area contributed by atoms with Gasteiger partial charge in [-0.25, -0.2) is 8.42 Å². The first-order chi connectivity index (χ1) is 20.2. The first-order valence-corrected chi connectivity index (χ1v) is 16.7. The lowest BCUT2D eigenvalue weighted by Gasteiger charge is -2.30. The van der Waals surface area contributed by atoms with Gasteiger partial charge in [0.15, 0.2) is 5.69 Å². The topological polar surface area (TPSA) is 115 Å². The smallest absolute Gasteiger partial charge is 0.251 e. The molecule has 0 amide bonds. The van der Waals surface area contributed by atoms with Gasteiger partial charge in [-0.2, -0.15) is 4.31 Å². The molecule has 2 N–H and O–H groups in total. The van der Waals surface area contributed by atoms with E-state index in [1.807, 2.05) is 18.2 Å². The van der Waals surface area contributed by atoms with Gasteiger partial charge < -0.3 is 5.11 Å². The van der Waals surface area contributed by atoms with Gasteiger partial charge in [0.05, 0.1) is 0 Å². The fourth-order valence-corrected chi connectivity index (χ4v) is 6.88. The van der Waals surface area contributed by atoms with Gasteiger partial charge in [-0.1, -0.05) is 109 Å². The number of nitrogens with one attached hydrogen (secondary N) is 1. The molecule has 2 aromatic carbocycles. The van der Waals surface area contributed by atoms with E-state index in [1.54, 1.807) is 40.7 Å². The molecule has 0 aliphatic carbocycles. The van der Waals surface area contributed by atoms with Crippen molar-refractivity contribution < 1.29 is 13.5 Å². The second kappa shape index (κ2) is 16.4. The van der Waals surface area contributed by atoms with Crippen molar-refractivity contribution >= 4 is 21.4 Å². The van der Waals surface area contributed by atoms with Crippen LogP contribution in [0.4, 0.5) is 11.4 Å². The standard InChI is InChI=1S/C33H46N4O4S/c1-5-9-16-25(7-3)23-37(24-26(8-4)17-10-6-2)42(40,41)30-21-15-14-20-29(30)35-36-32-28(22-31(38)34-33(32)39)27-18-12-11-13-19-27/h11-15,18-22,25-26H,5-10,16-17,23-24H2,1-4H3,(H2,34,38,39)/b36-35+. The summed E-state index contributed by atoms with van der Waals surface area (Å²) in [7, 11) is -3.92. The van der Waals surface area contributed by atoms with E-state index in [0.717, 1.165) is 51.4 Å². The van der Waals surface area contributed by atoms with Crippen LogP contribution in [0, 0.1) is 11.8 Å². The van der Waals surface area contributed by atoms with Crippen LogP contribution >= 0.6 is 0 Å². The van der Waals surface area contributed by atoms with Crippen molar-refractivity contribution in [3.05, 3.63) is 71.0 Å². The molecule has 0 fully saturated rings. The van der Waals surface area contributed by atoms with E-state index >= 15 is 0 Å². The van der Waals surface area contributed by atoms with Crippen molar-refractivity contribution in [2.75, 3.05) is 13.1 Å². The zero-order valence-corrected chi connectivity index (χ0v) is 26.2. The van der Waals surface area contributed by atoms with Crippen LogP contribution in [0.1, 0.15) is 79.1 Å². The fourth-order valence-electron chi connectivity index (χ4n) is 5.16. The Kier molecular flexibility index (Phi) is 12.9. The monoisotopic (exact) mass is 594 g/mol. The second-order valence-corrected chi connectivity index (χ2v) is 12.8. The zero-order valence-electron chi connectivity index (χ0n) is 25.4. The number of rotatable bonds is 17. The highest BCUT2D eigenvalue weighted by atomic mass is 32.2. The number of aromatic hydroxyl groups is 1. The molecular formula is C33H46N4O4S. The third kappa shape index (κ3) is 8.85. The Labute approximate surface area is 251 Å². The molecule has 228 valence electrons. The molecule has 8 nitrogen and oxygen atoms in total. The SMILES string of the molecule is CCCCC(CC)CN(CC(CC)CCCC)S(=O)(=O)c1ccccc1/N=N/c1c(-c2ccccc2)cc(=O)[nH]c1O. The van der Waals surface area contributed by atoms with Gasteiger partial charge in [0, 0.05) is 24.7 Å². The van der Waals surface area contributed by atoms with Crippen molar-refractivity contribution in [1.29, 1.82) is 0 Å². The molecule has 0 aliphatic rings. The molecule has 0 saturated carbocycles. The minimum Gasteiger partial charge on any atom is -0.493 e. The van der Waals surface area contributed by atoms with E-state index in [4.69, 9.17) is 0 Å². The van der Waals surface area contributed by atoms with Gasteiger partial charge >= 0.3 is 0 Å². The molecule has 0 radical (unpaired) electrons. The average molecular weight is 595 g/mol. The minimum atomic E-state index is -3.92. The Morgan fingerprint density at radius 3 is 1.98 bits per heavy atom. The molecular weight excluding hydrogens is 548 g/mol. The van der Waals surface area contributed by atoms with Crippen molar-refractivity contribution in [2.24, 2.45) is 22.1 Å². The fraction of sp³-hybridized carbons (Fsp3) is 0.485. The van der Waals surface area contributed by atoms with Crippen LogP contribution < -0.4 is 5.56 Å². The number of aromatic amines is 1. The van der Waals surface area contributed by atoms with Gasteiger partial charge in [0.25, 0.3) is 5.56 Å². The predicted molar refractivity (Wildman–Crippen MR) is 170 cm³/mol. The summed E-state index contributed by atoms with van der Waals surface area (Å²) in [5, 5.41) is 19.2. The number of aromatic nitrogens is 1. The van der Waals surface area contributed by atoms with E-state index in [1.165, 1.54) is 6.07 Å². The van der Waals surface area contributed by atoms with Crippen molar-refractivity contribution in [3.63, 3.8) is 0 Å². The molecule has 42 heavy (non-hydrogen) atoms. The number of benzene rings is 2. The van der Waals surface area contributed by atoms with Crippen LogP contribution in [0.3, 0.4) is 0 Å². The molecule has 1 heterocycles. The van der Waals surface area contributed by atoms with Crippen LogP contribution in [0.15, 0.2) is 80.6 Å². The first-order valence-electron chi connectivity index (χ1n) is 15.3. The summed E-state index contributed by atoms with van der Waals surface area (Å²) in [6, 6.07) is 17.0. The maximum Gasteiger partial charge on any atom is 0.251 e. The lowest BCUT2D eigenvalue weighted by molar-refractivity contribution is 0.270. The molecule has 3 rings (SSSR count). The lowest BCUT2D eigenvalue weighted by Crippen LogP contribution is -2.39. The van der Waals surface area contributed by atoms with E-state index in [-0.39, 0.29) is 28.1 Å². The minimum absolute atomic E-state index is 0.0566. The lowest BCUT2D eigenvalue weighted by atomic mass is 9.97. The number of unbranched alkanes of at least 4 members (excludes halogenated alkanes) is 2. The van der Waals surface area contributed by atoms with Crippen molar-refractivity contribution in [3.8, 4) is 17.0 Å². The number of nitrogens with zero attached hydrogens (tertiary/aromatic N) is 3. The van der Waals surface area contributed by atoms with Gasteiger partial charge in [-0.15, -0.1) is 10.2 Å². The Bertz CT molecular complexity index is 1440. The molecule has 9 heteroatoms. The number of hydrogen-bond donors (Lipinski definition) is 2. The first kappa shape index (κ1) is 33.2. The molecule has 2 unspecified atom stereocenters. The van der Waals surface area contributed by atoms with Gasteiger partial charge in [0.1, 0.15) is 10.6 Å². The number of hydrogen-bond acceptors (Lipinski definition) is 6. The summed E-state index contributed by atoms with van der Waals surface area (Å²) in [5.74, 6) is 0.0999. The van der Waals surface area contributed by atoms with Gasteiger partial charge in [-0.05, 0) is 42.4 Å². The third-order valence-electron chi connectivity index (χ3n) is 7.83. The average Bonchev–Trinajstić information content (AvgIpc) is 3.00. The van der Waals surface area contributed by atoms with E-state index in [0.29, 0.717) is 24.2 Å². The van der Waals surface area contributed by atoms with Gasteiger partial charge in [0.2, 0.25) is 15.9 Å². The summed E-state index contributed by atoms with van der Waals surface area (Å²) in [6.45, 7) is 9.50. The maximum atomic E-state index is 14.3. The largest absolute Gasteiger partial charge is 0.493 e. The summed E-state index contributed by atoms with van der Waals surface area (Å²) in [5.41, 5.74) is 0.823. The molecule has 1 aromatic heterocycles. The Hall–Kier alpha value is -3.30. The van der Waals surface area contributed by atoms with E-state index < -0.39 is 21.5 Å². The van der Waals surface area contributed by atoms with Crippen LogP contribution in [0.2, 0.25) is 0 Å². The van der Waals surface area contributed by atoms with E-state index in [2.05, 4.69) is 42.9 Å². The normalized spacial score (nSPS) is 13.5. The quantitative estimate of drug-likeness (QED) is 0.152. The van der Waals surface area contributed by atoms with Crippen molar-refractivity contribution in [1.82, 2.24) is 9.29 Å². The second-order valence-electron chi connectivity index (χ2n) is 10.9. The molecule has 0 aliphatic heterocycles. The van der Waals surface area contributed by atoms with E-state index in [9.17, 15) is 18.3 Å². The number of azo groups is 1. The molecule has 3 aromatic rings. The summed E-state index contributed by atoms with van der Waals surface area (Å²) in [6.07, 6.45) is 8.07. The molecule has 0 saturated heterocycles. The molecule has 0 bridgehead atoms. The Morgan fingerprint density at radius 2 is 1.40 bits per heavy atom. The third-order valence-corrected chi connectivity index (χ3v) is 9.71. The van der Waals surface area contributed by atoms with Crippen LogP contribution in [-0.4, -0.2) is 35.9 Å². The highest BCUT2D eigenvalue weighted by molar-refractivity contribution is 7.89. The Morgan fingerprint density at radius 1 is 0.833 bits per heavy atom. The van der Waals surface area contributed by atoms with Crippen molar-refractivity contribution in [2.45, 2.75) is 84.0 Å². The number of H-pyrrole nitrogens is 1. The highest BCUT2D eigenvalue weighted by Crippen LogP contribution is 2.37. The van der Waals surface area contributed by atoms with Gasteiger partial charge in [-0.3, -0.25) is 9.78 Å². The number of pyridine rings is 1. The highest BCUT2D eigenvalue weighted by Gasteiger charge is 2.30. The molecule has 2 atom stereocenters. The predicted octanol–water partition coefficient (Wildman–Crippen LogP) is 8.59. The summed E-state index contributed by atoms with van der Waals surface area (Å²) < 4.78 is 30.4. The zero-order chi connectivity index (χ0) is 30.5. The summed E-state index contributed by atoms with van der Waals surface area (Å²) >= 11 is 0. The van der Waals surface area contributed by atoms with Crippen LogP contribution in [0.5, 0.6) is 5.88 Å².